The number of nitrogens with zero attached hydrogens (tertiary/aromatic N) is 2. The Kier molecular flexibility index (Phi) is 13.8. The predicted octanol–water partition coefficient (Wildman–Crippen LogP) is 4.87. The van der Waals surface area contributed by atoms with E-state index < -0.39 is 0 Å². The van der Waals surface area contributed by atoms with Crippen LogP contribution < -0.4 is 0 Å². The molecule has 0 saturated heterocycles. The molecule has 0 fully saturated rings. The Morgan fingerprint density at radius 2 is 1.05 bits per heavy atom. The van der Waals surface area contributed by atoms with Crippen LogP contribution >= 0.6 is 0 Å². The van der Waals surface area contributed by atoms with Crippen LogP contribution in [0.15, 0.2) is 12.7 Å². The number of hydrogen-bond donors (Lipinski definition) is 0. The first kappa shape index (κ1) is 18.7. The van der Waals surface area contributed by atoms with Crippen molar-refractivity contribution in [2.45, 2.75) is 72.1 Å². The average molecular weight is 268 g/mol. The zero-order valence-electron chi connectivity index (χ0n) is 13.7. The molecule has 0 aliphatic rings. The second-order valence-corrected chi connectivity index (χ2v) is 5.40. The van der Waals surface area contributed by atoms with Crippen LogP contribution in [0.25, 0.3) is 0 Å². The van der Waals surface area contributed by atoms with Crippen molar-refractivity contribution in [3.63, 3.8) is 0 Å². The van der Waals surface area contributed by atoms with Gasteiger partial charge in [-0.3, -0.25) is 0 Å². The van der Waals surface area contributed by atoms with Crippen LogP contribution in [0.3, 0.4) is 0 Å². The predicted molar refractivity (Wildman–Crippen MR) is 87.3 cm³/mol. The number of hydrazine groups is 1. The maximum atomic E-state index is 3.83. The summed E-state index contributed by atoms with van der Waals surface area (Å²) in [5, 5.41) is 5.23. The van der Waals surface area contributed by atoms with Crippen molar-refractivity contribution in [2.24, 2.45) is 0 Å². The zero-order chi connectivity index (χ0) is 14.3. The summed E-state index contributed by atoms with van der Waals surface area (Å²) in [4.78, 5) is 0. The molecule has 0 aromatic rings. The van der Waals surface area contributed by atoms with Crippen molar-refractivity contribution in [3.8, 4) is 0 Å². The second kappa shape index (κ2) is 14.1. The lowest BCUT2D eigenvalue weighted by Crippen LogP contribution is -2.44. The molecule has 19 heavy (non-hydrogen) atoms. The molecule has 2 nitrogen and oxygen atoms in total. The Labute approximate surface area is 121 Å². The fourth-order valence-corrected chi connectivity index (χ4v) is 2.23. The maximum absolute atomic E-state index is 3.83. The molecule has 0 aliphatic heterocycles. The Bertz CT molecular complexity index is 184. The lowest BCUT2D eigenvalue weighted by Gasteiger charge is -2.35. The molecule has 0 aliphatic carbocycles. The quantitative estimate of drug-likeness (QED) is 0.252. The summed E-state index contributed by atoms with van der Waals surface area (Å²) in [5.41, 5.74) is 0. The summed E-state index contributed by atoms with van der Waals surface area (Å²) in [5.74, 6) is 0. The van der Waals surface area contributed by atoms with Gasteiger partial charge in [-0.1, -0.05) is 46.1 Å². The summed E-state index contributed by atoms with van der Waals surface area (Å²) in [7, 11) is 0. The lowest BCUT2D eigenvalue weighted by molar-refractivity contribution is -0.0292. The smallest absolute Gasteiger partial charge is 0.0136 e. The van der Waals surface area contributed by atoms with Crippen LogP contribution in [0, 0.1) is 0 Å². The van der Waals surface area contributed by atoms with E-state index in [9.17, 15) is 0 Å². The Morgan fingerprint density at radius 1 is 0.684 bits per heavy atom. The third-order valence-electron chi connectivity index (χ3n) is 3.53. The number of hydrogen-bond acceptors (Lipinski definition) is 2. The third kappa shape index (κ3) is 10.1. The van der Waals surface area contributed by atoms with E-state index in [4.69, 9.17) is 0 Å². The van der Waals surface area contributed by atoms with E-state index in [1.165, 1.54) is 71.1 Å². The highest BCUT2D eigenvalue weighted by Gasteiger charge is 2.13. The first-order valence-electron chi connectivity index (χ1n) is 8.40. The van der Waals surface area contributed by atoms with E-state index in [-0.39, 0.29) is 0 Å². The van der Waals surface area contributed by atoms with Gasteiger partial charge in [0.25, 0.3) is 0 Å². The molecule has 2 heteroatoms. The highest BCUT2D eigenvalue weighted by atomic mass is 15.6. The summed E-state index contributed by atoms with van der Waals surface area (Å²) < 4.78 is 0. The molecule has 0 atom stereocenters. The average Bonchev–Trinajstić information content (AvgIpc) is 2.43. The molecule has 0 bridgehead atoms. The molecular formula is C17H36N2. The maximum Gasteiger partial charge on any atom is 0.0136 e. The van der Waals surface area contributed by atoms with E-state index in [0.29, 0.717) is 0 Å². The Morgan fingerprint density at radius 3 is 1.37 bits per heavy atom. The van der Waals surface area contributed by atoms with Crippen LogP contribution in [0.2, 0.25) is 0 Å². The first-order chi connectivity index (χ1) is 9.29. The molecule has 114 valence electrons. The summed E-state index contributed by atoms with van der Waals surface area (Å²) in [6.45, 7) is 15.6. The van der Waals surface area contributed by atoms with Crippen molar-refractivity contribution in [1.82, 2.24) is 10.0 Å². The van der Waals surface area contributed by atoms with Gasteiger partial charge in [0.15, 0.2) is 0 Å². The van der Waals surface area contributed by atoms with Crippen LogP contribution in [0.1, 0.15) is 72.1 Å². The van der Waals surface area contributed by atoms with Crippen LogP contribution in [0.4, 0.5) is 0 Å². The standard InChI is InChI=1S/C17H36N2/c1-5-9-13-17-19(16-12-8-4)18(14-10-6-2)15-11-7-3/h5H,1,6-17H2,2-4H3. The van der Waals surface area contributed by atoms with Crippen molar-refractivity contribution in [2.75, 3.05) is 26.2 Å². The van der Waals surface area contributed by atoms with Gasteiger partial charge in [0, 0.05) is 26.2 Å². The van der Waals surface area contributed by atoms with Crippen molar-refractivity contribution >= 4 is 0 Å². The van der Waals surface area contributed by atoms with Gasteiger partial charge in [-0.2, -0.15) is 0 Å². The summed E-state index contributed by atoms with van der Waals surface area (Å²) >= 11 is 0. The van der Waals surface area contributed by atoms with Crippen molar-refractivity contribution in [1.29, 1.82) is 0 Å². The highest BCUT2D eigenvalue weighted by Crippen LogP contribution is 2.08. The first-order valence-corrected chi connectivity index (χ1v) is 8.40. The minimum Gasteiger partial charge on any atom is -0.242 e. The molecule has 0 rings (SSSR count). The topological polar surface area (TPSA) is 6.48 Å². The van der Waals surface area contributed by atoms with Crippen molar-refractivity contribution < 1.29 is 0 Å². The van der Waals surface area contributed by atoms with Gasteiger partial charge < -0.3 is 0 Å². The molecular weight excluding hydrogens is 232 g/mol. The minimum atomic E-state index is 1.14. The van der Waals surface area contributed by atoms with Gasteiger partial charge in [0.05, 0.1) is 0 Å². The lowest BCUT2D eigenvalue weighted by atomic mass is 10.2. The van der Waals surface area contributed by atoms with E-state index >= 15 is 0 Å². The molecule has 0 N–H and O–H groups in total. The molecule has 0 heterocycles. The zero-order valence-corrected chi connectivity index (χ0v) is 13.7. The number of allylic oxidation sites excluding steroid dienone is 1. The fourth-order valence-electron chi connectivity index (χ4n) is 2.23. The molecule has 0 spiro atoms. The third-order valence-corrected chi connectivity index (χ3v) is 3.53. The van der Waals surface area contributed by atoms with E-state index in [1.807, 2.05) is 6.08 Å². The Balaban J connectivity index is 4.33. The summed E-state index contributed by atoms with van der Waals surface area (Å²) in [6.07, 6.45) is 12.2. The highest BCUT2D eigenvalue weighted by molar-refractivity contribution is 4.68. The molecule has 0 radical (unpaired) electrons. The molecule has 0 saturated carbocycles. The largest absolute Gasteiger partial charge is 0.242 e. The minimum absolute atomic E-state index is 1.14. The fraction of sp³-hybridized carbons (Fsp3) is 0.882. The van der Waals surface area contributed by atoms with Gasteiger partial charge in [-0.25, -0.2) is 10.0 Å². The van der Waals surface area contributed by atoms with Gasteiger partial charge >= 0.3 is 0 Å². The molecule has 0 amide bonds. The molecule has 0 aromatic heterocycles. The second-order valence-electron chi connectivity index (χ2n) is 5.40. The van der Waals surface area contributed by atoms with Gasteiger partial charge in [-0.05, 0) is 32.1 Å². The monoisotopic (exact) mass is 268 g/mol. The van der Waals surface area contributed by atoms with Crippen LogP contribution in [-0.4, -0.2) is 36.2 Å². The molecule has 0 unspecified atom stereocenters. The Hall–Kier alpha value is -0.340. The SMILES string of the molecule is C=CCCCN(CCCC)N(CCCC)CCCC. The molecule has 0 aromatic carbocycles. The van der Waals surface area contributed by atoms with Crippen LogP contribution in [-0.2, 0) is 0 Å². The van der Waals surface area contributed by atoms with Gasteiger partial charge in [-0.15, -0.1) is 6.58 Å². The van der Waals surface area contributed by atoms with Crippen LogP contribution in [0.5, 0.6) is 0 Å². The normalized spacial score (nSPS) is 11.4. The number of unbranched alkanes of at least 4 members (excludes halogenated alkanes) is 4. The summed E-state index contributed by atoms with van der Waals surface area (Å²) in [6, 6.07) is 0. The van der Waals surface area contributed by atoms with E-state index in [2.05, 4.69) is 37.4 Å². The number of rotatable bonds is 14. The van der Waals surface area contributed by atoms with E-state index in [1.54, 1.807) is 0 Å². The van der Waals surface area contributed by atoms with Gasteiger partial charge in [0.1, 0.15) is 0 Å². The van der Waals surface area contributed by atoms with E-state index in [0.717, 1.165) is 6.42 Å². The van der Waals surface area contributed by atoms with Crippen molar-refractivity contribution in [3.05, 3.63) is 12.7 Å². The van der Waals surface area contributed by atoms with Gasteiger partial charge in [0.2, 0.25) is 0 Å².